The first-order valence-electron chi connectivity index (χ1n) is 12.0. The van der Waals surface area contributed by atoms with Crippen molar-refractivity contribution in [3.8, 4) is 5.75 Å². The third-order valence-electron chi connectivity index (χ3n) is 4.86. The molecule has 29 heavy (non-hydrogen) atoms. The molecule has 3 aromatic rings. The minimum Gasteiger partial charge on any atom is -0.492 e. The first-order chi connectivity index (χ1) is 15.5. The van der Waals surface area contributed by atoms with E-state index in [0.29, 0.717) is 53.8 Å². The van der Waals surface area contributed by atoms with Gasteiger partial charge in [0.2, 0.25) is 0 Å². The van der Waals surface area contributed by atoms with Crippen LogP contribution in [0.2, 0.25) is 0 Å². The molecule has 1 N–H and O–H groups in total. The molecule has 0 fully saturated rings. The van der Waals surface area contributed by atoms with Gasteiger partial charge in [-0.05, 0) is 49.1 Å². The van der Waals surface area contributed by atoms with Crippen LogP contribution in [-0.4, -0.2) is 25.5 Å². The number of nitrogens with one attached hydrogen (secondary N) is 1. The van der Waals surface area contributed by atoms with Crippen LogP contribution in [0.15, 0.2) is 46.8 Å². The number of carbonyl (C=O) groups is 1. The van der Waals surface area contributed by atoms with Crippen molar-refractivity contribution in [2.24, 2.45) is 0 Å². The molecule has 0 spiro atoms. The molecule has 0 aliphatic heterocycles. The molecule has 154 valence electrons. The normalized spacial score (nSPS) is 12.6. The number of furan rings is 1. The molecule has 4 nitrogen and oxygen atoms in total. The Kier molecular flexibility index (Phi) is 6.12. The molecule has 0 amide bonds. The van der Waals surface area contributed by atoms with Crippen molar-refractivity contribution in [1.82, 2.24) is 5.32 Å². The van der Waals surface area contributed by atoms with E-state index in [0.717, 1.165) is 19.4 Å². The summed E-state index contributed by atoms with van der Waals surface area (Å²) in [5.74, 6) is 0.367. The second-order valence-electron chi connectivity index (χ2n) is 6.94. The lowest BCUT2D eigenvalue weighted by Crippen LogP contribution is -2.20. The summed E-state index contributed by atoms with van der Waals surface area (Å²) < 4.78 is 37.6. The molecule has 0 saturated carbocycles. The largest absolute Gasteiger partial charge is 0.492 e. The number of aryl methyl sites for hydroxylation is 1. The summed E-state index contributed by atoms with van der Waals surface area (Å²) in [5.41, 5.74) is 1.44. The second-order valence-corrected chi connectivity index (χ2v) is 6.94. The van der Waals surface area contributed by atoms with Crippen molar-refractivity contribution in [3.63, 3.8) is 0 Å². The van der Waals surface area contributed by atoms with Gasteiger partial charge in [-0.2, -0.15) is 0 Å². The monoisotopic (exact) mass is 396 g/mol. The fourth-order valence-corrected chi connectivity index (χ4v) is 3.30. The highest BCUT2D eigenvalue weighted by molar-refractivity contribution is 6.17. The van der Waals surface area contributed by atoms with Crippen LogP contribution >= 0.6 is 0 Å². The maximum absolute atomic E-state index is 13.7. The van der Waals surface area contributed by atoms with Gasteiger partial charge in [0.25, 0.3) is 0 Å². The zero-order valence-corrected chi connectivity index (χ0v) is 17.5. The molecule has 0 radical (unpaired) electrons. The summed E-state index contributed by atoms with van der Waals surface area (Å²) in [6.45, 7) is 7.66. The molecule has 0 atom stereocenters. The number of para-hydroxylation sites is 1. The standard InChI is InChI=1S/C25H31NO3/c1-4-7-11-23-24(20-10-8-9-12-22(20)29-23)25(27)19-13-14-21(18(5-2)17-19)28-16-15-26-6-3/h8-10,12-14,17,26H,4-7,11,15-16H2,1-3H3/i13D,14D,17D. The molecule has 4 heteroatoms. The summed E-state index contributed by atoms with van der Waals surface area (Å²) in [5, 5.41) is 3.83. The van der Waals surface area contributed by atoms with Crippen molar-refractivity contribution in [3.05, 3.63) is 64.8 Å². The zero-order valence-electron chi connectivity index (χ0n) is 20.5. The Morgan fingerprint density at radius 1 is 1.21 bits per heavy atom. The zero-order chi connectivity index (χ0) is 23.3. The molecular formula is C25H31NO3. The number of hydrogen-bond donors (Lipinski definition) is 1. The maximum Gasteiger partial charge on any atom is 0.197 e. The summed E-state index contributed by atoms with van der Waals surface area (Å²) in [6, 6.07) is 6.88. The summed E-state index contributed by atoms with van der Waals surface area (Å²) >= 11 is 0. The van der Waals surface area contributed by atoms with E-state index < -0.39 is 5.78 Å². The van der Waals surface area contributed by atoms with E-state index in [-0.39, 0.29) is 29.4 Å². The van der Waals surface area contributed by atoms with E-state index in [2.05, 4.69) is 12.2 Å². The lowest BCUT2D eigenvalue weighted by molar-refractivity contribution is 0.103. The van der Waals surface area contributed by atoms with Crippen LogP contribution in [0.5, 0.6) is 5.75 Å². The molecule has 0 saturated heterocycles. The molecular weight excluding hydrogens is 362 g/mol. The Balaban J connectivity index is 2.12. The van der Waals surface area contributed by atoms with Gasteiger partial charge in [0, 0.05) is 23.9 Å². The number of benzene rings is 2. The highest BCUT2D eigenvalue weighted by Crippen LogP contribution is 2.30. The van der Waals surface area contributed by atoms with Gasteiger partial charge < -0.3 is 14.5 Å². The van der Waals surface area contributed by atoms with E-state index in [9.17, 15) is 4.79 Å². The third kappa shape index (κ3) is 4.88. The van der Waals surface area contributed by atoms with Crippen molar-refractivity contribution < 1.29 is 18.1 Å². The summed E-state index contributed by atoms with van der Waals surface area (Å²) in [6.07, 6.45) is 2.85. The minimum atomic E-state index is -0.432. The highest BCUT2D eigenvalue weighted by Gasteiger charge is 2.22. The predicted octanol–water partition coefficient (Wildman–Crippen LogP) is 5.56. The topological polar surface area (TPSA) is 51.5 Å². The number of fused-ring (bicyclic) bond motifs is 1. The summed E-state index contributed by atoms with van der Waals surface area (Å²) in [4.78, 5) is 13.7. The highest BCUT2D eigenvalue weighted by atomic mass is 16.5. The van der Waals surface area contributed by atoms with Gasteiger partial charge in [-0.15, -0.1) is 0 Å². The van der Waals surface area contributed by atoms with Gasteiger partial charge >= 0.3 is 0 Å². The smallest absolute Gasteiger partial charge is 0.197 e. The van der Waals surface area contributed by atoms with Crippen LogP contribution in [0, 0.1) is 0 Å². The van der Waals surface area contributed by atoms with Crippen LogP contribution in [0.3, 0.4) is 0 Å². The Labute approximate surface area is 177 Å². The molecule has 0 bridgehead atoms. The van der Waals surface area contributed by atoms with Gasteiger partial charge in [-0.1, -0.05) is 45.4 Å². The lowest BCUT2D eigenvalue weighted by atomic mass is 9.96. The number of likely N-dealkylation sites (N-methyl/N-ethyl adjacent to an activating group) is 1. The first-order valence-corrected chi connectivity index (χ1v) is 10.5. The van der Waals surface area contributed by atoms with Gasteiger partial charge in [0.1, 0.15) is 23.7 Å². The van der Waals surface area contributed by atoms with Gasteiger partial charge in [-0.25, -0.2) is 0 Å². The van der Waals surface area contributed by atoms with E-state index in [1.807, 2.05) is 38.1 Å². The van der Waals surface area contributed by atoms with E-state index in [1.54, 1.807) is 0 Å². The average molecular weight is 397 g/mol. The Morgan fingerprint density at radius 3 is 2.79 bits per heavy atom. The SMILES string of the molecule is [2H]c1c([2H])c(C(=O)c2c(CCCC)oc3ccccc23)c([2H])c(CC)c1OCCNCC. The molecule has 1 heterocycles. The number of hydrogen-bond acceptors (Lipinski definition) is 4. The van der Waals surface area contributed by atoms with E-state index in [1.165, 1.54) is 0 Å². The Bertz CT molecular complexity index is 1110. The number of rotatable bonds is 11. The fraction of sp³-hybridized carbons (Fsp3) is 0.400. The predicted molar refractivity (Wildman–Crippen MR) is 118 cm³/mol. The minimum absolute atomic E-state index is 0.0383. The fourth-order valence-electron chi connectivity index (χ4n) is 3.30. The van der Waals surface area contributed by atoms with Crippen molar-refractivity contribution in [2.75, 3.05) is 19.7 Å². The van der Waals surface area contributed by atoms with Gasteiger partial charge in [0.15, 0.2) is 5.78 Å². The first kappa shape index (κ1) is 17.3. The number of carbonyl (C=O) groups excluding carboxylic acids is 1. The molecule has 0 unspecified atom stereocenters. The molecule has 1 aromatic heterocycles. The van der Waals surface area contributed by atoms with Crippen molar-refractivity contribution >= 4 is 16.8 Å². The number of ether oxygens (including phenoxy) is 1. The third-order valence-corrected chi connectivity index (χ3v) is 4.86. The van der Waals surface area contributed by atoms with Gasteiger partial charge in [0.05, 0.1) is 9.68 Å². The quantitative estimate of drug-likeness (QED) is 0.341. The second kappa shape index (κ2) is 10.3. The molecule has 0 aliphatic rings. The van der Waals surface area contributed by atoms with Crippen LogP contribution < -0.4 is 10.1 Å². The number of unbranched alkanes of at least 4 members (excludes halogenated alkanes) is 1. The maximum atomic E-state index is 13.7. The average Bonchev–Trinajstić information content (AvgIpc) is 3.16. The van der Waals surface area contributed by atoms with Gasteiger partial charge in [-0.3, -0.25) is 4.79 Å². The van der Waals surface area contributed by atoms with Crippen molar-refractivity contribution in [1.29, 1.82) is 0 Å². The number of ketones is 1. The molecule has 0 aliphatic carbocycles. The van der Waals surface area contributed by atoms with Crippen LogP contribution in [0.4, 0.5) is 0 Å². The lowest BCUT2D eigenvalue weighted by Gasteiger charge is -2.12. The Hall–Kier alpha value is -2.59. The molecule has 2 aromatic carbocycles. The van der Waals surface area contributed by atoms with E-state index >= 15 is 0 Å². The van der Waals surface area contributed by atoms with Crippen LogP contribution in [0.25, 0.3) is 11.0 Å². The van der Waals surface area contributed by atoms with Crippen LogP contribution in [-0.2, 0) is 12.8 Å². The Morgan fingerprint density at radius 2 is 2.03 bits per heavy atom. The molecule has 3 rings (SSSR count). The van der Waals surface area contributed by atoms with Crippen LogP contribution in [0.1, 0.15) is 65.0 Å². The van der Waals surface area contributed by atoms with Crippen molar-refractivity contribution in [2.45, 2.75) is 46.5 Å². The van der Waals surface area contributed by atoms with E-state index in [4.69, 9.17) is 13.3 Å². The summed E-state index contributed by atoms with van der Waals surface area (Å²) in [7, 11) is 0.